The molecule has 0 radical (unpaired) electrons. The number of nitrogen functional groups attached to an aromatic ring is 1. The molecule has 0 aliphatic carbocycles. The summed E-state index contributed by atoms with van der Waals surface area (Å²) in [6, 6.07) is 0. The predicted molar refractivity (Wildman–Crippen MR) is 67.1 cm³/mol. The number of rotatable bonds is 2. The SMILES string of the molecule is Nc1ncnc2c1cnn2CC(=O)N1CCOCC1. The van der Waals surface area contributed by atoms with Crippen molar-refractivity contribution in [1.29, 1.82) is 0 Å². The predicted octanol–water partition coefficient (Wildman–Crippen LogP) is -0.733. The third kappa shape index (κ3) is 2.22. The zero-order valence-electron chi connectivity index (χ0n) is 10.3. The van der Waals surface area contributed by atoms with Gasteiger partial charge < -0.3 is 15.4 Å². The average molecular weight is 262 g/mol. The number of nitrogens with zero attached hydrogens (tertiary/aromatic N) is 5. The van der Waals surface area contributed by atoms with Gasteiger partial charge in [0.2, 0.25) is 5.91 Å². The Labute approximate surface area is 109 Å². The average Bonchev–Trinajstić information content (AvgIpc) is 2.84. The van der Waals surface area contributed by atoms with Gasteiger partial charge >= 0.3 is 0 Å². The Bertz CT molecular complexity index is 604. The number of morpholine rings is 1. The minimum Gasteiger partial charge on any atom is -0.383 e. The van der Waals surface area contributed by atoms with Gasteiger partial charge in [-0.25, -0.2) is 14.6 Å². The second-order valence-corrected chi connectivity index (χ2v) is 4.29. The van der Waals surface area contributed by atoms with E-state index in [0.29, 0.717) is 43.2 Å². The fourth-order valence-electron chi connectivity index (χ4n) is 2.07. The van der Waals surface area contributed by atoms with Gasteiger partial charge in [-0.15, -0.1) is 0 Å². The van der Waals surface area contributed by atoms with Gasteiger partial charge in [-0.3, -0.25) is 4.79 Å². The number of aromatic nitrogens is 4. The van der Waals surface area contributed by atoms with E-state index in [1.807, 2.05) is 0 Å². The van der Waals surface area contributed by atoms with Crippen molar-refractivity contribution in [3.8, 4) is 0 Å². The van der Waals surface area contributed by atoms with E-state index in [1.54, 1.807) is 15.8 Å². The van der Waals surface area contributed by atoms with E-state index >= 15 is 0 Å². The molecule has 1 amide bonds. The molecule has 0 spiro atoms. The Balaban J connectivity index is 1.81. The molecule has 8 heteroatoms. The highest BCUT2D eigenvalue weighted by Gasteiger charge is 2.18. The highest BCUT2D eigenvalue weighted by molar-refractivity contribution is 5.86. The van der Waals surface area contributed by atoms with E-state index in [-0.39, 0.29) is 12.5 Å². The van der Waals surface area contributed by atoms with Gasteiger partial charge in [-0.1, -0.05) is 0 Å². The van der Waals surface area contributed by atoms with E-state index < -0.39 is 0 Å². The summed E-state index contributed by atoms with van der Waals surface area (Å²) in [5.41, 5.74) is 6.30. The van der Waals surface area contributed by atoms with Gasteiger partial charge in [0.25, 0.3) is 0 Å². The van der Waals surface area contributed by atoms with Crippen LogP contribution in [0.4, 0.5) is 5.82 Å². The lowest BCUT2D eigenvalue weighted by Crippen LogP contribution is -2.42. The summed E-state index contributed by atoms with van der Waals surface area (Å²) in [4.78, 5) is 21.9. The minimum atomic E-state index is 0.00508. The van der Waals surface area contributed by atoms with Crippen molar-refractivity contribution in [2.75, 3.05) is 32.0 Å². The Hall–Kier alpha value is -2.22. The molecule has 2 aromatic heterocycles. The van der Waals surface area contributed by atoms with Crippen LogP contribution in [-0.2, 0) is 16.1 Å². The second-order valence-electron chi connectivity index (χ2n) is 4.29. The van der Waals surface area contributed by atoms with Crippen LogP contribution in [0.2, 0.25) is 0 Å². The van der Waals surface area contributed by atoms with Crippen molar-refractivity contribution in [2.45, 2.75) is 6.54 Å². The Kier molecular flexibility index (Phi) is 3.00. The standard InChI is InChI=1S/C11H14N6O2/c12-10-8-5-15-17(11(8)14-7-13-10)6-9(18)16-1-3-19-4-2-16/h5,7H,1-4,6H2,(H2,12,13,14). The number of ether oxygens (including phenoxy) is 1. The summed E-state index contributed by atoms with van der Waals surface area (Å²) >= 11 is 0. The van der Waals surface area contributed by atoms with E-state index in [9.17, 15) is 4.79 Å². The van der Waals surface area contributed by atoms with E-state index in [1.165, 1.54) is 6.33 Å². The number of hydrogen-bond donors (Lipinski definition) is 1. The van der Waals surface area contributed by atoms with Crippen LogP contribution in [-0.4, -0.2) is 56.9 Å². The van der Waals surface area contributed by atoms with Crippen LogP contribution in [0.1, 0.15) is 0 Å². The molecule has 0 aromatic carbocycles. The second kappa shape index (κ2) is 4.81. The number of amides is 1. The van der Waals surface area contributed by atoms with Crippen LogP contribution in [0.5, 0.6) is 0 Å². The molecule has 1 fully saturated rings. The number of hydrogen-bond acceptors (Lipinski definition) is 6. The molecule has 1 saturated heterocycles. The molecule has 2 N–H and O–H groups in total. The Morgan fingerprint density at radius 3 is 2.95 bits per heavy atom. The summed E-state index contributed by atoms with van der Waals surface area (Å²) in [5, 5.41) is 4.81. The molecule has 3 heterocycles. The topological polar surface area (TPSA) is 99.2 Å². The van der Waals surface area contributed by atoms with Crippen molar-refractivity contribution < 1.29 is 9.53 Å². The first kappa shape index (κ1) is 11.8. The molecular formula is C11H14N6O2. The van der Waals surface area contributed by atoms with Crippen molar-refractivity contribution in [3.05, 3.63) is 12.5 Å². The largest absolute Gasteiger partial charge is 0.383 e. The quantitative estimate of drug-likeness (QED) is 0.765. The molecular weight excluding hydrogens is 248 g/mol. The third-order valence-electron chi connectivity index (χ3n) is 3.11. The Morgan fingerprint density at radius 1 is 1.37 bits per heavy atom. The first-order valence-electron chi connectivity index (χ1n) is 6.03. The number of fused-ring (bicyclic) bond motifs is 1. The molecule has 8 nitrogen and oxygen atoms in total. The maximum absolute atomic E-state index is 12.1. The number of nitrogens with two attached hydrogens (primary N) is 1. The molecule has 2 aromatic rings. The van der Waals surface area contributed by atoms with Crippen LogP contribution in [0.3, 0.4) is 0 Å². The van der Waals surface area contributed by atoms with Crippen molar-refractivity contribution in [2.24, 2.45) is 0 Å². The lowest BCUT2D eigenvalue weighted by Gasteiger charge is -2.26. The molecule has 3 rings (SSSR count). The monoisotopic (exact) mass is 262 g/mol. The number of carbonyl (C=O) groups is 1. The van der Waals surface area contributed by atoms with Gasteiger partial charge in [-0.05, 0) is 0 Å². The molecule has 0 atom stereocenters. The lowest BCUT2D eigenvalue weighted by atomic mass is 10.4. The van der Waals surface area contributed by atoms with Gasteiger partial charge in [0.15, 0.2) is 5.65 Å². The van der Waals surface area contributed by atoms with Gasteiger partial charge in [0, 0.05) is 13.1 Å². The van der Waals surface area contributed by atoms with Crippen LogP contribution in [0, 0.1) is 0 Å². The zero-order valence-corrected chi connectivity index (χ0v) is 10.3. The zero-order chi connectivity index (χ0) is 13.2. The summed E-state index contributed by atoms with van der Waals surface area (Å²) in [5.74, 6) is 0.376. The summed E-state index contributed by atoms with van der Waals surface area (Å²) in [7, 11) is 0. The maximum Gasteiger partial charge on any atom is 0.244 e. The maximum atomic E-state index is 12.1. The summed E-state index contributed by atoms with van der Waals surface area (Å²) in [6.45, 7) is 2.56. The van der Waals surface area contributed by atoms with Crippen LogP contribution in [0.25, 0.3) is 11.0 Å². The van der Waals surface area contributed by atoms with Crippen LogP contribution < -0.4 is 5.73 Å². The summed E-state index contributed by atoms with van der Waals surface area (Å²) < 4.78 is 6.76. The normalized spacial score (nSPS) is 15.9. The van der Waals surface area contributed by atoms with E-state index in [2.05, 4.69) is 15.1 Å². The van der Waals surface area contributed by atoms with E-state index in [4.69, 9.17) is 10.5 Å². The minimum absolute atomic E-state index is 0.00508. The fraction of sp³-hybridized carbons (Fsp3) is 0.455. The molecule has 0 bridgehead atoms. The van der Waals surface area contributed by atoms with Gasteiger partial charge in [0.05, 0.1) is 24.8 Å². The Morgan fingerprint density at radius 2 is 2.16 bits per heavy atom. The van der Waals surface area contributed by atoms with Gasteiger partial charge in [-0.2, -0.15) is 5.10 Å². The van der Waals surface area contributed by atoms with Crippen molar-refractivity contribution >= 4 is 22.8 Å². The molecule has 19 heavy (non-hydrogen) atoms. The highest BCUT2D eigenvalue weighted by atomic mass is 16.5. The van der Waals surface area contributed by atoms with Crippen LogP contribution >= 0.6 is 0 Å². The van der Waals surface area contributed by atoms with Crippen molar-refractivity contribution in [1.82, 2.24) is 24.6 Å². The lowest BCUT2D eigenvalue weighted by molar-refractivity contribution is -0.136. The molecule has 0 unspecified atom stereocenters. The molecule has 0 saturated carbocycles. The molecule has 1 aliphatic rings. The van der Waals surface area contributed by atoms with Gasteiger partial charge in [0.1, 0.15) is 18.7 Å². The molecule has 1 aliphatic heterocycles. The molecule has 100 valence electrons. The third-order valence-corrected chi connectivity index (χ3v) is 3.11. The van der Waals surface area contributed by atoms with Crippen molar-refractivity contribution in [3.63, 3.8) is 0 Å². The van der Waals surface area contributed by atoms with Crippen LogP contribution in [0.15, 0.2) is 12.5 Å². The number of anilines is 1. The van der Waals surface area contributed by atoms with E-state index in [0.717, 1.165) is 0 Å². The number of carbonyl (C=O) groups excluding carboxylic acids is 1. The fourth-order valence-corrected chi connectivity index (χ4v) is 2.07. The smallest absolute Gasteiger partial charge is 0.244 e. The first-order valence-corrected chi connectivity index (χ1v) is 6.03. The first-order chi connectivity index (χ1) is 9.25. The highest BCUT2D eigenvalue weighted by Crippen LogP contribution is 2.15. The summed E-state index contributed by atoms with van der Waals surface area (Å²) in [6.07, 6.45) is 2.95.